The summed E-state index contributed by atoms with van der Waals surface area (Å²) in [6, 6.07) is 9.14. The van der Waals surface area contributed by atoms with Crippen LogP contribution < -0.4 is 0 Å². The van der Waals surface area contributed by atoms with Gasteiger partial charge < -0.3 is 9.30 Å². The number of hydrogen-bond donors (Lipinski definition) is 0. The van der Waals surface area contributed by atoms with Crippen LogP contribution in [-0.2, 0) is 10.2 Å². The maximum atomic E-state index is 6.24. The molecular weight excluding hydrogens is 344 g/mol. The Hall–Kier alpha value is -2.39. The van der Waals surface area contributed by atoms with Crippen molar-refractivity contribution >= 4 is 0 Å². The highest BCUT2D eigenvalue weighted by Gasteiger charge is 2.30. The molecule has 28 heavy (non-hydrogen) atoms. The lowest BCUT2D eigenvalue weighted by molar-refractivity contribution is -0.0270. The predicted molar refractivity (Wildman–Crippen MR) is 114 cm³/mol. The van der Waals surface area contributed by atoms with Crippen molar-refractivity contribution in [1.82, 2.24) is 9.55 Å². The van der Waals surface area contributed by atoms with Gasteiger partial charge in [-0.3, -0.25) is 0 Å². The molecule has 0 spiro atoms. The van der Waals surface area contributed by atoms with Gasteiger partial charge in [0.15, 0.2) is 0 Å². The molecule has 2 heterocycles. The molecule has 2 atom stereocenters. The maximum absolute atomic E-state index is 6.24. The molecule has 0 saturated carbocycles. The van der Waals surface area contributed by atoms with Gasteiger partial charge in [0.1, 0.15) is 0 Å². The average Bonchev–Trinajstić information content (AvgIpc) is 3.15. The molecule has 1 aliphatic heterocycles. The van der Waals surface area contributed by atoms with E-state index in [9.17, 15) is 0 Å². The van der Waals surface area contributed by atoms with Crippen LogP contribution in [0.3, 0.4) is 0 Å². The van der Waals surface area contributed by atoms with E-state index >= 15 is 0 Å². The number of imidazole rings is 1. The van der Waals surface area contributed by atoms with Crippen molar-refractivity contribution in [3.63, 3.8) is 0 Å². The van der Waals surface area contributed by atoms with Crippen LogP contribution in [0, 0.1) is 0 Å². The number of rotatable bonds is 3. The van der Waals surface area contributed by atoms with Gasteiger partial charge in [-0.2, -0.15) is 0 Å². The van der Waals surface area contributed by atoms with E-state index in [0.717, 1.165) is 6.42 Å². The maximum Gasteiger partial charge on any atom is 0.0954 e. The first-order valence-corrected chi connectivity index (χ1v) is 10.1. The lowest BCUT2D eigenvalue weighted by atomic mass is 9.84. The standard InChI is InChI=1S/C25H30N2O/c1-24(2,3)21-9-6-18(7-10-21)23(27-15-14-26-17-27)20-8-11-22-19(16-20)12-13-25(4,5)28-22/h6-10,12-17,22-23H,11H2,1-5H3. The first kappa shape index (κ1) is 18.9. The molecule has 0 amide bonds. The summed E-state index contributed by atoms with van der Waals surface area (Å²) in [5, 5.41) is 0. The van der Waals surface area contributed by atoms with Crippen molar-refractivity contribution in [3.05, 3.63) is 89.6 Å². The SMILES string of the molecule is CC1(C)C=CC2=CC(C(c3ccc(C(C)(C)C)cc3)n3ccnc3)=CCC2O1. The number of nitrogens with zero attached hydrogens (tertiary/aromatic N) is 2. The minimum Gasteiger partial charge on any atom is -0.363 e. The fraction of sp³-hybridized carbons (Fsp3) is 0.400. The van der Waals surface area contributed by atoms with Gasteiger partial charge >= 0.3 is 0 Å². The molecule has 146 valence electrons. The molecular formula is C25H30N2O. The van der Waals surface area contributed by atoms with Crippen LogP contribution in [-0.4, -0.2) is 21.3 Å². The average molecular weight is 375 g/mol. The summed E-state index contributed by atoms with van der Waals surface area (Å²) in [5.41, 5.74) is 5.13. The van der Waals surface area contributed by atoms with Gasteiger partial charge in [0, 0.05) is 12.4 Å². The van der Waals surface area contributed by atoms with E-state index in [2.05, 4.69) is 92.7 Å². The lowest BCUT2D eigenvalue weighted by Crippen LogP contribution is -2.34. The van der Waals surface area contributed by atoms with E-state index in [0.29, 0.717) is 0 Å². The van der Waals surface area contributed by atoms with Crippen molar-refractivity contribution in [1.29, 1.82) is 0 Å². The third kappa shape index (κ3) is 3.77. The number of benzene rings is 1. The third-order valence-electron chi connectivity index (χ3n) is 5.63. The molecule has 0 bridgehead atoms. The van der Waals surface area contributed by atoms with Crippen molar-refractivity contribution in [3.8, 4) is 0 Å². The normalized spacial score (nSPS) is 22.2. The molecule has 1 aromatic heterocycles. The zero-order chi connectivity index (χ0) is 19.9. The van der Waals surface area contributed by atoms with Gasteiger partial charge in [0.25, 0.3) is 0 Å². The Kier molecular flexibility index (Phi) is 4.67. The number of hydrogen-bond acceptors (Lipinski definition) is 2. The van der Waals surface area contributed by atoms with Gasteiger partial charge in [0.2, 0.25) is 0 Å². The molecule has 4 rings (SSSR count). The van der Waals surface area contributed by atoms with Gasteiger partial charge in [-0.05, 0) is 48.0 Å². The molecule has 2 unspecified atom stereocenters. The molecule has 1 aromatic carbocycles. The Bertz CT molecular complexity index is 922. The molecule has 2 aromatic rings. The highest BCUT2D eigenvalue weighted by atomic mass is 16.5. The summed E-state index contributed by atoms with van der Waals surface area (Å²) in [6.07, 6.45) is 15.9. The van der Waals surface area contributed by atoms with Crippen LogP contribution in [0.15, 0.2) is 78.4 Å². The van der Waals surface area contributed by atoms with Gasteiger partial charge in [-0.15, -0.1) is 0 Å². The summed E-state index contributed by atoms with van der Waals surface area (Å²) in [5.74, 6) is 0. The Morgan fingerprint density at radius 1 is 1.18 bits per heavy atom. The molecule has 2 aliphatic rings. The van der Waals surface area contributed by atoms with E-state index in [-0.39, 0.29) is 23.2 Å². The van der Waals surface area contributed by atoms with Crippen LogP contribution in [0.4, 0.5) is 0 Å². The number of ether oxygens (including phenoxy) is 1. The molecule has 0 saturated heterocycles. The number of aromatic nitrogens is 2. The van der Waals surface area contributed by atoms with Gasteiger partial charge in [-0.25, -0.2) is 4.98 Å². The van der Waals surface area contributed by atoms with Crippen LogP contribution in [0.2, 0.25) is 0 Å². The smallest absolute Gasteiger partial charge is 0.0954 e. The van der Waals surface area contributed by atoms with Crippen LogP contribution in [0.5, 0.6) is 0 Å². The van der Waals surface area contributed by atoms with Crippen LogP contribution in [0.1, 0.15) is 58.2 Å². The van der Waals surface area contributed by atoms with Crippen molar-refractivity contribution in [2.45, 2.75) is 64.2 Å². The van der Waals surface area contributed by atoms with Crippen LogP contribution in [0.25, 0.3) is 0 Å². The molecule has 1 aliphatic carbocycles. The zero-order valence-corrected chi connectivity index (χ0v) is 17.5. The summed E-state index contributed by atoms with van der Waals surface area (Å²) in [6.45, 7) is 11.0. The lowest BCUT2D eigenvalue weighted by Gasteiger charge is -2.36. The molecule has 0 fully saturated rings. The summed E-state index contributed by atoms with van der Waals surface area (Å²) < 4.78 is 8.42. The Morgan fingerprint density at radius 2 is 1.93 bits per heavy atom. The van der Waals surface area contributed by atoms with Crippen molar-refractivity contribution in [2.75, 3.05) is 0 Å². The van der Waals surface area contributed by atoms with E-state index in [1.54, 1.807) is 0 Å². The molecule has 3 nitrogen and oxygen atoms in total. The fourth-order valence-corrected chi connectivity index (χ4v) is 4.01. The van der Waals surface area contributed by atoms with Crippen LogP contribution >= 0.6 is 0 Å². The van der Waals surface area contributed by atoms with Crippen molar-refractivity contribution < 1.29 is 4.74 Å². The number of allylic oxidation sites excluding steroid dienone is 2. The second-order valence-corrected chi connectivity index (χ2v) is 9.41. The van der Waals surface area contributed by atoms with E-state index < -0.39 is 0 Å². The molecule has 0 N–H and O–H groups in total. The second-order valence-electron chi connectivity index (χ2n) is 9.41. The minimum atomic E-state index is -0.195. The third-order valence-corrected chi connectivity index (χ3v) is 5.63. The topological polar surface area (TPSA) is 27.1 Å². The van der Waals surface area contributed by atoms with E-state index in [4.69, 9.17) is 4.74 Å². The van der Waals surface area contributed by atoms with Gasteiger partial charge in [-0.1, -0.05) is 69.3 Å². The highest BCUT2D eigenvalue weighted by molar-refractivity contribution is 5.45. The Labute approximate surface area is 168 Å². The monoisotopic (exact) mass is 374 g/mol. The first-order valence-electron chi connectivity index (χ1n) is 10.1. The quantitative estimate of drug-likeness (QED) is 0.683. The summed E-state index contributed by atoms with van der Waals surface area (Å²) in [7, 11) is 0. The van der Waals surface area contributed by atoms with Crippen molar-refractivity contribution in [2.24, 2.45) is 0 Å². The fourth-order valence-electron chi connectivity index (χ4n) is 4.01. The first-order chi connectivity index (χ1) is 13.2. The van der Waals surface area contributed by atoms with E-state index in [1.807, 2.05) is 18.7 Å². The Morgan fingerprint density at radius 3 is 2.57 bits per heavy atom. The largest absolute Gasteiger partial charge is 0.363 e. The van der Waals surface area contributed by atoms with Gasteiger partial charge in [0.05, 0.1) is 24.1 Å². The summed E-state index contributed by atoms with van der Waals surface area (Å²) >= 11 is 0. The Balaban J connectivity index is 1.71. The highest BCUT2D eigenvalue weighted by Crippen LogP contribution is 2.37. The second kappa shape index (κ2) is 6.89. The molecule has 3 heteroatoms. The van der Waals surface area contributed by atoms with E-state index in [1.165, 1.54) is 22.3 Å². The number of fused-ring (bicyclic) bond motifs is 1. The predicted octanol–water partition coefficient (Wildman–Crippen LogP) is 5.76. The summed E-state index contributed by atoms with van der Waals surface area (Å²) in [4.78, 5) is 4.30. The zero-order valence-electron chi connectivity index (χ0n) is 17.5. The molecule has 0 radical (unpaired) electrons. The minimum absolute atomic E-state index is 0.119.